The molecule has 1 heterocycles. The molecule has 2 N–H and O–H groups in total. The quantitative estimate of drug-likeness (QED) is 0.310. The minimum atomic E-state index is -0.488. The van der Waals surface area contributed by atoms with Gasteiger partial charge >= 0.3 is 6.09 Å². The molecule has 0 radical (unpaired) electrons. The van der Waals surface area contributed by atoms with E-state index in [0.29, 0.717) is 0 Å². The van der Waals surface area contributed by atoms with Gasteiger partial charge < -0.3 is 20.3 Å². The number of rotatable bonds is 7. The van der Waals surface area contributed by atoms with Gasteiger partial charge in [-0.15, -0.1) is 24.0 Å². The molecular formula is C23H40IN5O2. The number of ether oxygens (including phenoxy) is 1. The third-order valence-corrected chi connectivity index (χ3v) is 5.26. The lowest BCUT2D eigenvalue weighted by molar-refractivity contribution is 0.0507. The number of guanidine groups is 1. The Hall–Kier alpha value is -1.55. The molecule has 0 bridgehead atoms. The number of nitrogens with zero attached hydrogens (tertiary/aromatic N) is 3. The van der Waals surface area contributed by atoms with Gasteiger partial charge in [0.15, 0.2) is 5.96 Å². The summed E-state index contributed by atoms with van der Waals surface area (Å²) < 4.78 is 5.37. The van der Waals surface area contributed by atoms with Gasteiger partial charge in [-0.05, 0) is 51.4 Å². The number of amides is 1. The van der Waals surface area contributed by atoms with Gasteiger partial charge in [0.25, 0.3) is 0 Å². The molecule has 1 aromatic rings. The molecular weight excluding hydrogens is 505 g/mol. The van der Waals surface area contributed by atoms with Crippen molar-refractivity contribution in [3.05, 3.63) is 35.4 Å². The van der Waals surface area contributed by atoms with E-state index in [0.717, 1.165) is 51.6 Å². The summed E-state index contributed by atoms with van der Waals surface area (Å²) >= 11 is 0. The second-order valence-electron chi connectivity index (χ2n) is 8.71. The van der Waals surface area contributed by atoms with Gasteiger partial charge in [-0.2, -0.15) is 0 Å². The van der Waals surface area contributed by atoms with Gasteiger partial charge in [0, 0.05) is 33.2 Å². The van der Waals surface area contributed by atoms with Crippen LogP contribution in [0.2, 0.25) is 0 Å². The van der Waals surface area contributed by atoms with Crippen molar-refractivity contribution < 1.29 is 9.53 Å². The van der Waals surface area contributed by atoms with Crippen molar-refractivity contribution in [2.75, 3.05) is 33.2 Å². The van der Waals surface area contributed by atoms with Crippen LogP contribution in [0.25, 0.3) is 0 Å². The Balaban J connectivity index is 0.00000480. The van der Waals surface area contributed by atoms with E-state index in [-0.39, 0.29) is 36.1 Å². The smallest absolute Gasteiger partial charge is 0.407 e. The molecule has 1 aliphatic rings. The van der Waals surface area contributed by atoms with Crippen molar-refractivity contribution in [1.82, 2.24) is 20.4 Å². The van der Waals surface area contributed by atoms with Crippen molar-refractivity contribution in [1.29, 1.82) is 0 Å². The molecule has 1 fully saturated rings. The predicted molar refractivity (Wildman–Crippen MR) is 138 cm³/mol. The van der Waals surface area contributed by atoms with E-state index < -0.39 is 5.60 Å². The highest BCUT2D eigenvalue weighted by Crippen LogP contribution is 2.14. The number of benzene rings is 1. The summed E-state index contributed by atoms with van der Waals surface area (Å²) in [4.78, 5) is 21.1. The SMILES string of the molecule is CCN(CC)Cc1ccccc1CNC(=NC)N1CCC(NC(=O)OC(C)(C)C)C1.I. The molecule has 0 aromatic heterocycles. The molecule has 1 saturated heterocycles. The van der Waals surface area contributed by atoms with Gasteiger partial charge in [0.1, 0.15) is 5.60 Å². The van der Waals surface area contributed by atoms with Crippen LogP contribution in [0.4, 0.5) is 4.79 Å². The molecule has 0 saturated carbocycles. The van der Waals surface area contributed by atoms with E-state index in [1.165, 1.54) is 11.1 Å². The molecule has 1 aliphatic heterocycles. The third kappa shape index (κ3) is 9.22. The van der Waals surface area contributed by atoms with Gasteiger partial charge in [0.05, 0.1) is 6.04 Å². The average molecular weight is 546 g/mol. The summed E-state index contributed by atoms with van der Waals surface area (Å²) in [6.45, 7) is 15.3. The molecule has 31 heavy (non-hydrogen) atoms. The number of alkyl carbamates (subject to hydrolysis) is 1. The largest absolute Gasteiger partial charge is 0.444 e. The van der Waals surface area contributed by atoms with Crippen LogP contribution in [0.1, 0.15) is 52.2 Å². The summed E-state index contributed by atoms with van der Waals surface area (Å²) in [6.07, 6.45) is 0.515. The molecule has 0 spiro atoms. The van der Waals surface area contributed by atoms with Crippen molar-refractivity contribution >= 4 is 36.0 Å². The number of aliphatic imine (C=N–C) groups is 1. The van der Waals surface area contributed by atoms with E-state index in [1.54, 1.807) is 7.05 Å². The van der Waals surface area contributed by atoms with Gasteiger partial charge in [0.2, 0.25) is 0 Å². The van der Waals surface area contributed by atoms with E-state index >= 15 is 0 Å². The third-order valence-electron chi connectivity index (χ3n) is 5.26. The van der Waals surface area contributed by atoms with Gasteiger partial charge in [-0.3, -0.25) is 9.89 Å². The Morgan fingerprint density at radius 1 is 1.23 bits per heavy atom. The highest BCUT2D eigenvalue weighted by Gasteiger charge is 2.27. The number of hydrogen-bond acceptors (Lipinski definition) is 4. The van der Waals surface area contributed by atoms with Crippen molar-refractivity contribution in [2.45, 2.75) is 65.8 Å². The lowest BCUT2D eigenvalue weighted by atomic mass is 10.1. The van der Waals surface area contributed by atoms with Crippen LogP contribution in [0.5, 0.6) is 0 Å². The monoisotopic (exact) mass is 545 g/mol. The Kier molecular flexibility index (Phi) is 11.6. The van der Waals surface area contributed by atoms with Crippen LogP contribution in [-0.2, 0) is 17.8 Å². The topological polar surface area (TPSA) is 69.2 Å². The van der Waals surface area contributed by atoms with Crippen molar-refractivity contribution in [3.8, 4) is 0 Å². The van der Waals surface area contributed by atoms with Crippen molar-refractivity contribution in [3.63, 3.8) is 0 Å². The molecule has 7 nitrogen and oxygen atoms in total. The summed E-state index contributed by atoms with van der Waals surface area (Å²) in [7, 11) is 1.80. The number of carbonyl (C=O) groups excluding carboxylic acids is 1. The van der Waals surface area contributed by atoms with Crippen LogP contribution in [0.3, 0.4) is 0 Å². The fraction of sp³-hybridized carbons (Fsp3) is 0.652. The van der Waals surface area contributed by atoms with Crippen molar-refractivity contribution in [2.24, 2.45) is 4.99 Å². The first-order valence-corrected chi connectivity index (χ1v) is 11.0. The van der Waals surface area contributed by atoms with Crippen LogP contribution < -0.4 is 10.6 Å². The number of carbonyl (C=O) groups is 1. The first kappa shape index (κ1) is 27.5. The van der Waals surface area contributed by atoms with E-state index in [4.69, 9.17) is 4.74 Å². The van der Waals surface area contributed by atoms with E-state index in [9.17, 15) is 4.79 Å². The van der Waals surface area contributed by atoms with Crippen LogP contribution in [0.15, 0.2) is 29.3 Å². The second-order valence-corrected chi connectivity index (χ2v) is 8.71. The minimum absolute atomic E-state index is 0. The lowest BCUT2D eigenvalue weighted by Gasteiger charge is -2.24. The first-order valence-electron chi connectivity index (χ1n) is 11.0. The summed E-state index contributed by atoms with van der Waals surface area (Å²) in [6, 6.07) is 8.63. The van der Waals surface area contributed by atoms with E-state index in [2.05, 4.69) is 63.5 Å². The maximum atomic E-state index is 12.0. The molecule has 0 aliphatic carbocycles. The summed E-state index contributed by atoms with van der Waals surface area (Å²) in [5.74, 6) is 0.862. The molecule has 1 amide bonds. The standard InChI is InChI=1S/C23H39N5O2.HI/c1-7-27(8-2)16-19-12-10-9-11-18(19)15-25-21(24-6)28-14-13-20(17-28)26-22(29)30-23(3,4)5;/h9-12,20H,7-8,13-17H2,1-6H3,(H,24,25)(H,26,29);1H. The van der Waals surface area contributed by atoms with Crippen LogP contribution in [-0.4, -0.2) is 66.7 Å². The zero-order chi connectivity index (χ0) is 22.1. The Bertz CT molecular complexity index is 716. The highest BCUT2D eigenvalue weighted by molar-refractivity contribution is 14.0. The Morgan fingerprint density at radius 2 is 1.87 bits per heavy atom. The zero-order valence-electron chi connectivity index (χ0n) is 19.9. The number of likely N-dealkylation sites (tertiary alicyclic amines) is 1. The average Bonchev–Trinajstić information content (AvgIpc) is 3.14. The zero-order valence-corrected chi connectivity index (χ0v) is 22.2. The minimum Gasteiger partial charge on any atom is -0.444 e. The molecule has 1 atom stereocenters. The van der Waals surface area contributed by atoms with Gasteiger partial charge in [-0.25, -0.2) is 4.79 Å². The lowest BCUT2D eigenvalue weighted by Crippen LogP contribution is -2.44. The number of hydrogen-bond donors (Lipinski definition) is 2. The Labute approximate surface area is 205 Å². The summed E-state index contributed by atoms with van der Waals surface area (Å²) in [5, 5.41) is 6.47. The van der Waals surface area contributed by atoms with E-state index in [1.807, 2.05) is 20.8 Å². The van der Waals surface area contributed by atoms with Gasteiger partial charge in [-0.1, -0.05) is 38.1 Å². The fourth-order valence-corrected chi connectivity index (χ4v) is 3.62. The summed E-state index contributed by atoms with van der Waals surface area (Å²) in [5.41, 5.74) is 2.14. The van der Waals surface area contributed by atoms with Crippen LogP contribution in [0, 0.1) is 0 Å². The molecule has 176 valence electrons. The Morgan fingerprint density at radius 3 is 2.45 bits per heavy atom. The highest BCUT2D eigenvalue weighted by atomic mass is 127. The predicted octanol–water partition coefficient (Wildman–Crippen LogP) is 3.82. The first-order chi connectivity index (χ1) is 14.3. The molecule has 1 unspecified atom stereocenters. The maximum Gasteiger partial charge on any atom is 0.407 e. The molecule has 2 rings (SSSR count). The fourth-order valence-electron chi connectivity index (χ4n) is 3.62. The molecule has 8 heteroatoms. The normalized spacial score (nSPS) is 16.8. The second kappa shape index (κ2) is 13.1. The number of halogens is 1. The molecule has 1 aromatic carbocycles. The van der Waals surface area contributed by atoms with Crippen LogP contribution >= 0.6 is 24.0 Å². The maximum absolute atomic E-state index is 12.0. The number of nitrogens with one attached hydrogen (secondary N) is 2.